The van der Waals surface area contributed by atoms with Crippen molar-refractivity contribution in [2.45, 2.75) is 13.8 Å². The number of nitrogens with one attached hydrogen (secondary N) is 2. The van der Waals surface area contributed by atoms with Crippen LogP contribution in [-0.2, 0) is 4.79 Å². The van der Waals surface area contributed by atoms with E-state index in [1.54, 1.807) is 0 Å². The van der Waals surface area contributed by atoms with E-state index in [1.807, 2.05) is 0 Å². The molecule has 0 spiro atoms. The Kier molecular flexibility index (Phi) is 5.19. The monoisotopic (exact) mass is 322 g/mol. The van der Waals surface area contributed by atoms with Crippen molar-refractivity contribution in [2.75, 3.05) is 11.9 Å². The molecule has 20 heavy (non-hydrogen) atoms. The van der Waals surface area contributed by atoms with E-state index in [9.17, 15) is 14.0 Å². The number of carboxylic acids is 1. The molecule has 1 aromatic rings. The second kappa shape index (κ2) is 6.28. The molecule has 8 heteroatoms. The van der Waals surface area contributed by atoms with Crippen LogP contribution in [0.5, 0.6) is 0 Å². The van der Waals surface area contributed by atoms with Crippen LogP contribution < -0.4 is 10.6 Å². The Balaban J connectivity index is 2.71. The minimum Gasteiger partial charge on any atom is -0.481 e. The Bertz CT molecular complexity index is 526. The van der Waals surface area contributed by atoms with Crippen LogP contribution in [0.2, 0.25) is 10.0 Å². The van der Waals surface area contributed by atoms with E-state index in [0.717, 1.165) is 12.1 Å². The number of carboxylic acid groups (broad SMARTS) is 1. The Morgan fingerprint density at radius 2 is 1.80 bits per heavy atom. The van der Waals surface area contributed by atoms with Gasteiger partial charge in [0.1, 0.15) is 5.82 Å². The summed E-state index contributed by atoms with van der Waals surface area (Å²) in [4.78, 5) is 22.5. The van der Waals surface area contributed by atoms with Crippen LogP contribution in [-0.4, -0.2) is 23.7 Å². The lowest BCUT2D eigenvalue weighted by atomic mass is 9.94. The first-order valence-corrected chi connectivity index (χ1v) is 6.32. The summed E-state index contributed by atoms with van der Waals surface area (Å²) < 4.78 is 13.0. The molecule has 0 saturated heterocycles. The molecule has 0 saturated carbocycles. The number of rotatable bonds is 4. The van der Waals surface area contributed by atoms with Gasteiger partial charge in [-0.2, -0.15) is 0 Å². The lowest BCUT2D eigenvalue weighted by Crippen LogP contribution is -2.40. The van der Waals surface area contributed by atoms with Crippen LogP contribution in [0.4, 0.5) is 14.9 Å². The first-order valence-electron chi connectivity index (χ1n) is 5.56. The predicted molar refractivity (Wildman–Crippen MR) is 74.9 cm³/mol. The summed E-state index contributed by atoms with van der Waals surface area (Å²) in [5.41, 5.74) is -1.06. The third-order valence-electron chi connectivity index (χ3n) is 2.52. The van der Waals surface area contributed by atoms with Gasteiger partial charge in [-0.3, -0.25) is 4.79 Å². The standard InChI is InChI=1S/C12H13Cl2FN2O3/c1-12(2,10(18)19)5-16-11(20)17-9-7(13)3-6(15)4-8(9)14/h3-4H,5H2,1-2H3,(H,18,19)(H2,16,17,20). The predicted octanol–water partition coefficient (Wildman–Crippen LogP) is 3.36. The summed E-state index contributed by atoms with van der Waals surface area (Å²) in [5.74, 6) is -1.67. The van der Waals surface area contributed by atoms with Gasteiger partial charge in [0.25, 0.3) is 0 Å². The van der Waals surface area contributed by atoms with Crippen molar-refractivity contribution in [1.82, 2.24) is 5.32 Å². The number of hydrogen-bond acceptors (Lipinski definition) is 2. The molecule has 0 aliphatic carbocycles. The maximum absolute atomic E-state index is 13.0. The van der Waals surface area contributed by atoms with Crippen LogP contribution in [0.15, 0.2) is 12.1 Å². The molecule has 0 radical (unpaired) electrons. The number of halogens is 3. The van der Waals surface area contributed by atoms with Gasteiger partial charge in [-0.1, -0.05) is 23.2 Å². The van der Waals surface area contributed by atoms with Crippen LogP contribution in [0.25, 0.3) is 0 Å². The summed E-state index contributed by atoms with van der Waals surface area (Å²) in [7, 11) is 0. The van der Waals surface area contributed by atoms with E-state index in [0.29, 0.717) is 0 Å². The Labute approximate surface area is 125 Å². The molecule has 1 aromatic carbocycles. The molecule has 0 aliphatic rings. The van der Waals surface area contributed by atoms with Gasteiger partial charge in [-0.05, 0) is 26.0 Å². The van der Waals surface area contributed by atoms with E-state index < -0.39 is 23.2 Å². The highest BCUT2D eigenvalue weighted by atomic mass is 35.5. The molecule has 110 valence electrons. The van der Waals surface area contributed by atoms with E-state index in [2.05, 4.69) is 10.6 Å². The Morgan fingerprint density at radius 3 is 2.25 bits per heavy atom. The maximum atomic E-state index is 13.0. The van der Waals surface area contributed by atoms with Gasteiger partial charge in [-0.15, -0.1) is 0 Å². The smallest absolute Gasteiger partial charge is 0.319 e. The zero-order chi connectivity index (χ0) is 15.5. The Morgan fingerprint density at radius 1 is 1.30 bits per heavy atom. The highest BCUT2D eigenvalue weighted by molar-refractivity contribution is 6.39. The molecule has 0 unspecified atom stereocenters. The molecule has 0 heterocycles. The van der Waals surface area contributed by atoms with Gasteiger partial charge in [0.2, 0.25) is 0 Å². The highest BCUT2D eigenvalue weighted by Crippen LogP contribution is 2.31. The number of carbonyl (C=O) groups excluding carboxylic acids is 1. The number of carbonyl (C=O) groups is 2. The summed E-state index contributed by atoms with van der Waals surface area (Å²) in [6, 6.07) is 1.32. The molecule has 0 bridgehead atoms. The molecular weight excluding hydrogens is 310 g/mol. The van der Waals surface area contributed by atoms with Crippen LogP contribution >= 0.6 is 23.2 Å². The first-order chi connectivity index (χ1) is 9.13. The number of urea groups is 1. The topological polar surface area (TPSA) is 78.4 Å². The molecule has 0 atom stereocenters. The van der Waals surface area contributed by atoms with E-state index in [4.69, 9.17) is 28.3 Å². The zero-order valence-corrected chi connectivity index (χ0v) is 12.3. The third-order valence-corrected chi connectivity index (χ3v) is 3.11. The number of amides is 2. The molecule has 0 fully saturated rings. The number of benzene rings is 1. The van der Waals surface area contributed by atoms with Gasteiger partial charge in [0.05, 0.1) is 21.1 Å². The molecule has 1 rings (SSSR count). The molecule has 0 aromatic heterocycles. The second-order valence-electron chi connectivity index (χ2n) is 4.74. The Hall–Kier alpha value is -1.53. The average Bonchev–Trinajstić information content (AvgIpc) is 2.31. The molecular formula is C12H13Cl2FN2O3. The lowest BCUT2D eigenvalue weighted by Gasteiger charge is -2.20. The van der Waals surface area contributed by atoms with Crippen molar-refractivity contribution in [2.24, 2.45) is 5.41 Å². The maximum Gasteiger partial charge on any atom is 0.319 e. The lowest BCUT2D eigenvalue weighted by molar-refractivity contribution is -0.146. The summed E-state index contributed by atoms with van der Waals surface area (Å²) in [5, 5.41) is 13.5. The second-order valence-corrected chi connectivity index (χ2v) is 5.56. The summed E-state index contributed by atoms with van der Waals surface area (Å²) >= 11 is 11.5. The minimum absolute atomic E-state index is 0.0531. The van der Waals surface area contributed by atoms with Crippen LogP contribution in [0, 0.1) is 11.2 Å². The van der Waals surface area contributed by atoms with Crippen molar-refractivity contribution in [3.8, 4) is 0 Å². The first kappa shape index (κ1) is 16.5. The molecule has 0 aliphatic heterocycles. The van der Waals surface area contributed by atoms with Crippen LogP contribution in [0.1, 0.15) is 13.8 Å². The van der Waals surface area contributed by atoms with Gasteiger partial charge < -0.3 is 15.7 Å². The van der Waals surface area contributed by atoms with E-state index >= 15 is 0 Å². The van der Waals surface area contributed by atoms with Crippen molar-refractivity contribution >= 4 is 40.9 Å². The number of anilines is 1. The van der Waals surface area contributed by atoms with Gasteiger partial charge in [0.15, 0.2) is 0 Å². The SMILES string of the molecule is CC(C)(CNC(=O)Nc1c(Cl)cc(F)cc1Cl)C(=O)O. The van der Waals surface area contributed by atoms with Crippen molar-refractivity contribution in [3.63, 3.8) is 0 Å². The quantitative estimate of drug-likeness (QED) is 0.795. The third kappa shape index (κ3) is 4.25. The molecule has 2 amide bonds. The highest BCUT2D eigenvalue weighted by Gasteiger charge is 2.27. The largest absolute Gasteiger partial charge is 0.481 e. The number of aliphatic carboxylic acids is 1. The normalized spacial score (nSPS) is 11.1. The average molecular weight is 323 g/mol. The summed E-state index contributed by atoms with van der Waals surface area (Å²) in [6.07, 6.45) is 0. The van der Waals surface area contributed by atoms with E-state index in [1.165, 1.54) is 13.8 Å². The fourth-order valence-electron chi connectivity index (χ4n) is 1.20. The molecule has 3 N–H and O–H groups in total. The van der Waals surface area contributed by atoms with Gasteiger partial charge in [-0.25, -0.2) is 9.18 Å². The minimum atomic E-state index is -1.12. The van der Waals surface area contributed by atoms with Crippen molar-refractivity contribution < 1.29 is 19.1 Å². The van der Waals surface area contributed by atoms with Crippen molar-refractivity contribution in [1.29, 1.82) is 0 Å². The fraction of sp³-hybridized carbons (Fsp3) is 0.333. The van der Waals surface area contributed by atoms with Gasteiger partial charge in [0, 0.05) is 6.54 Å². The number of hydrogen-bond donors (Lipinski definition) is 3. The van der Waals surface area contributed by atoms with E-state index in [-0.39, 0.29) is 22.3 Å². The van der Waals surface area contributed by atoms with Crippen LogP contribution in [0.3, 0.4) is 0 Å². The van der Waals surface area contributed by atoms with Crippen molar-refractivity contribution in [3.05, 3.63) is 28.0 Å². The van der Waals surface area contributed by atoms with Gasteiger partial charge >= 0.3 is 12.0 Å². The fourth-order valence-corrected chi connectivity index (χ4v) is 1.75. The summed E-state index contributed by atoms with van der Waals surface area (Å²) in [6.45, 7) is 2.84. The zero-order valence-electron chi connectivity index (χ0n) is 10.8. The molecule has 5 nitrogen and oxygen atoms in total.